The fourth-order valence-corrected chi connectivity index (χ4v) is 1.76. The van der Waals surface area contributed by atoms with Crippen molar-refractivity contribution in [3.63, 3.8) is 0 Å². The summed E-state index contributed by atoms with van der Waals surface area (Å²) in [6.07, 6.45) is 0. The van der Waals surface area contributed by atoms with Gasteiger partial charge in [-0.15, -0.1) is 0 Å². The molecule has 1 N–H and O–H groups in total. The van der Waals surface area contributed by atoms with Gasteiger partial charge in [0.15, 0.2) is 6.61 Å². The van der Waals surface area contributed by atoms with Crippen LogP contribution in [0.25, 0.3) is 0 Å². The van der Waals surface area contributed by atoms with Crippen LogP contribution in [0.1, 0.15) is 0 Å². The van der Waals surface area contributed by atoms with E-state index in [2.05, 4.69) is 5.32 Å². The third-order valence-corrected chi connectivity index (χ3v) is 2.82. The van der Waals surface area contributed by atoms with Gasteiger partial charge in [0.05, 0.1) is 15.9 Å². The van der Waals surface area contributed by atoms with E-state index in [1.165, 1.54) is 18.2 Å². The fraction of sp³-hybridized carbons (Fsp3) is 0.0714. The predicted molar refractivity (Wildman–Crippen MR) is 80.3 cm³/mol. The highest BCUT2D eigenvalue weighted by Crippen LogP contribution is 2.22. The lowest BCUT2D eigenvalue weighted by Crippen LogP contribution is -2.20. The monoisotopic (exact) mass is 335 g/mol. The van der Waals surface area contributed by atoms with Crippen molar-refractivity contribution < 1.29 is 23.8 Å². The van der Waals surface area contributed by atoms with E-state index in [-0.39, 0.29) is 17.1 Å². The smallest absolute Gasteiger partial charge is 0.306 e. The standard InChI is InChI=1S/C14H10FN3O6/c15-12-5-4-9(6-13(12)18(22)23)16-14(19)8-24-11-3-1-2-10(7-11)17(20)21/h1-7H,8H2,(H,16,19). The molecule has 124 valence electrons. The van der Waals surface area contributed by atoms with Crippen LogP contribution in [0.15, 0.2) is 42.5 Å². The number of benzene rings is 2. The molecule has 0 aromatic heterocycles. The average molecular weight is 335 g/mol. The molecule has 0 heterocycles. The summed E-state index contributed by atoms with van der Waals surface area (Å²) in [5, 5.41) is 23.6. The summed E-state index contributed by atoms with van der Waals surface area (Å²) < 4.78 is 18.3. The van der Waals surface area contributed by atoms with E-state index in [4.69, 9.17) is 4.74 Å². The topological polar surface area (TPSA) is 125 Å². The molecule has 0 aliphatic carbocycles. The van der Waals surface area contributed by atoms with Crippen LogP contribution in [-0.4, -0.2) is 22.4 Å². The van der Waals surface area contributed by atoms with Crippen LogP contribution in [0.4, 0.5) is 21.5 Å². The summed E-state index contributed by atoms with van der Waals surface area (Å²) in [7, 11) is 0. The normalized spacial score (nSPS) is 10.0. The first kappa shape index (κ1) is 16.8. The van der Waals surface area contributed by atoms with Crippen LogP contribution in [-0.2, 0) is 4.79 Å². The van der Waals surface area contributed by atoms with Crippen molar-refractivity contribution in [1.82, 2.24) is 0 Å². The number of halogens is 1. The molecule has 2 aromatic carbocycles. The number of non-ortho nitro benzene ring substituents is 1. The molecule has 0 radical (unpaired) electrons. The number of rotatable bonds is 6. The number of nitrogens with zero attached hydrogens (tertiary/aromatic N) is 2. The molecule has 0 saturated carbocycles. The number of ether oxygens (including phenoxy) is 1. The highest BCUT2D eigenvalue weighted by atomic mass is 19.1. The van der Waals surface area contributed by atoms with E-state index in [1.807, 2.05) is 0 Å². The molecule has 2 rings (SSSR count). The van der Waals surface area contributed by atoms with Crippen molar-refractivity contribution >= 4 is 23.0 Å². The first-order valence-electron chi connectivity index (χ1n) is 6.48. The highest BCUT2D eigenvalue weighted by Gasteiger charge is 2.15. The summed E-state index contributed by atoms with van der Waals surface area (Å²) in [6, 6.07) is 8.14. The van der Waals surface area contributed by atoms with E-state index in [0.717, 1.165) is 24.3 Å². The third kappa shape index (κ3) is 4.22. The third-order valence-electron chi connectivity index (χ3n) is 2.82. The Morgan fingerprint density at radius 3 is 2.54 bits per heavy atom. The summed E-state index contributed by atoms with van der Waals surface area (Å²) in [4.78, 5) is 31.5. The van der Waals surface area contributed by atoms with Crippen LogP contribution < -0.4 is 10.1 Å². The van der Waals surface area contributed by atoms with Crippen molar-refractivity contribution in [3.05, 3.63) is 68.5 Å². The first-order valence-corrected chi connectivity index (χ1v) is 6.48. The molecule has 0 unspecified atom stereocenters. The lowest BCUT2D eigenvalue weighted by Gasteiger charge is -2.07. The molecule has 0 aliphatic rings. The van der Waals surface area contributed by atoms with Gasteiger partial charge in [0.25, 0.3) is 11.6 Å². The lowest BCUT2D eigenvalue weighted by atomic mass is 10.2. The second-order valence-electron chi connectivity index (χ2n) is 4.51. The van der Waals surface area contributed by atoms with Gasteiger partial charge in [-0.2, -0.15) is 4.39 Å². The Balaban J connectivity index is 1.99. The van der Waals surface area contributed by atoms with Crippen LogP contribution >= 0.6 is 0 Å². The molecule has 0 bridgehead atoms. The molecular formula is C14H10FN3O6. The minimum absolute atomic E-state index is 0.0238. The van der Waals surface area contributed by atoms with Crippen LogP contribution in [0, 0.1) is 26.0 Å². The lowest BCUT2D eigenvalue weighted by molar-refractivity contribution is -0.387. The number of hydrogen-bond donors (Lipinski definition) is 1. The summed E-state index contributed by atoms with van der Waals surface area (Å²) in [6.45, 7) is -0.480. The zero-order chi connectivity index (χ0) is 17.7. The number of nitro groups is 2. The number of amides is 1. The molecule has 10 heteroatoms. The summed E-state index contributed by atoms with van der Waals surface area (Å²) in [5.41, 5.74) is -0.940. The zero-order valence-corrected chi connectivity index (χ0v) is 12.0. The maximum atomic E-state index is 13.2. The number of nitro benzene ring substituents is 2. The van der Waals surface area contributed by atoms with Gasteiger partial charge < -0.3 is 10.1 Å². The maximum Gasteiger partial charge on any atom is 0.306 e. The van der Waals surface area contributed by atoms with Crippen molar-refractivity contribution in [3.8, 4) is 5.75 Å². The van der Waals surface area contributed by atoms with Gasteiger partial charge in [-0.1, -0.05) is 6.07 Å². The molecule has 9 nitrogen and oxygen atoms in total. The van der Waals surface area contributed by atoms with E-state index in [1.54, 1.807) is 0 Å². The van der Waals surface area contributed by atoms with Gasteiger partial charge in [0, 0.05) is 17.8 Å². The van der Waals surface area contributed by atoms with Gasteiger partial charge in [0.2, 0.25) is 5.82 Å². The minimum Gasteiger partial charge on any atom is -0.484 e. The second kappa shape index (κ2) is 7.13. The molecule has 0 atom stereocenters. The Bertz CT molecular complexity index is 811. The van der Waals surface area contributed by atoms with Crippen molar-refractivity contribution in [2.75, 3.05) is 11.9 Å². The second-order valence-corrected chi connectivity index (χ2v) is 4.51. The predicted octanol–water partition coefficient (Wildman–Crippen LogP) is 2.66. The van der Waals surface area contributed by atoms with Crippen molar-refractivity contribution in [1.29, 1.82) is 0 Å². The molecule has 1 amide bonds. The van der Waals surface area contributed by atoms with Crippen molar-refractivity contribution in [2.24, 2.45) is 0 Å². The fourth-order valence-electron chi connectivity index (χ4n) is 1.76. The SMILES string of the molecule is O=C(COc1cccc([N+](=O)[O-])c1)Nc1ccc(F)c([N+](=O)[O-])c1. The quantitative estimate of drug-likeness (QED) is 0.639. The molecule has 2 aromatic rings. The van der Waals surface area contributed by atoms with E-state index < -0.39 is 33.9 Å². The first-order chi connectivity index (χ1) is 11.4. The zero-order valence-electron chi connectivity index (χ0n) is 12.0. The number of carbonyl (C=O) groups is 1. The van der Waals surface area contributed by atoms with Gasteiger partial charge in [0.1, 0.15) is 5.75 Å². The molecular weight excluding hydrogens is 325 g/mol. The van der Waals surface area contributed by atoms with Crippen molar-refractivity contribution in [2.45, 2.75) is 0 Å². The Morgan fingerprint density at radius 2 is 1.88 bits per heavy atom. The average Bonchev–Trinajstić information content (AvgIpc) is 2.54. The Hall–Kier alpha value is -3.56. The Morgan fingerprint density at radius 1 is 1.12 bits per heavy atom. The number of hydrogen-bond acceptors (Lipinski definition) is 6. The van der Waals surface area contributed by atoms with E-state index in [9.17, 15) is 29.4 Å². The molecule has 0 aliphatic heterocycles. The van der Waals surface area contributed by atoms with Crippen LogP contribution in [0.5, 0.6) is 5.75 Å². The maximum absolute atomic E-state index is 13.2. The van der Waals surface area contributed by atoms with E-state index in [0.29, 0.717) is 0 Å². The highest BCUT2D eigenvalue weighted by molar-refractivity contribution is 5.92. The molecule has 0 fully saturated rings. The summed E-state index contributed by atoms with van der Waals surface area (Å²) >= 11 is 0. The van der Waals surface area contributed by atoms with Gasteiger partial charge in [-0.3, -0.25) is 25.0 Å². The van der Waals surface area contributed by atoms with Crippen LogP contribution in [0.2, 0.25) is 0 Å². The Kier molecular flexibility index (Phi) is 5.00. The van der Waals surface area contributed by atoms with Gasteiger partial charge in [-0.05, 0) is 18.2 Å². The summed E-state index contributed by atoms with van der Waals surface area (Å²) in [5.74, 6) is -1.57. The van der Waals surface area contributed by atoms with Crippen LogP contribution in [0.3, 0.4) is 0 Å². The molecule has 24 heavy (non-hydrogen) atoms. The Labute approximate surface area is 134 Å². The van der Waals surface area contributed by atoms with E-state index >= 15 is 0 Å². The minimum atomic E-state index is -1.02. The van der Waals surface area contributed by atoms with Gasteiger partial charge in [-0.25, -0.2) is 0 Å². The number of anilines is 1. The molecule has 0 saturated heterocycles. The number of nitrogens with one attached hydrogen (secondary N) is 1. The largest absolute Gasteiger partial charge is 0.484 e. The molecule has 0 spiro atoms. The van der Waals surface area contributed by atoms with Gasteiger partial charge >= 0.3 is 5.69 Å². The number of carbonyl (C=O) groups excluding carboxylic acids is 1.